The monoisotopic (exact) mass is 370 g/mol. The average molecular weight is 370 g/mol. The van der Waals surface area contributed by atoms with Gasteiger partial charge in [0.05, 0.1) is 10.8 Å². The molecular weight excluding hydrogens is 352 g/mol. The lowest BCUT2D eigenvalue weighted by molar-refractivity contribution is -0.385. The molecule has 0 radical (unpaired) electrons. The first-order valence-corrected chi connectivity index (χ1v) is 9.02. The number of rotatable bonds is 9. The average Bonchev–Trinajstić information content (AvgIpc) is 3.27. The molecule has 0 saturated carbocycles. The zero-order valence-corrected chi connectivity index (χ0v) is 14.9. The van der Waals surface area contributed by atoms with Gasteiger partial charge in [0.1, 0.15) is 18.2 Å². The molecule has 0 aliphatic carbocycles. The lowest BCUT2D eigenvalue weighted by Gasteiger charge is -2.07. The van der Waals surface area contributed by atoms with Crippen molar-refractivity contribution in [2.24, 2.45) is 0 Å². The molecule has 0 fully saturated rings. The van der Waals surface area contributed by atoms with Crippen LogP contribution in [0.25, 0.3) is 0 Å². The van der Waals surface area contributed by atoms with Gasteiger partial charge in [0.15, 0.2) is 5.16 Å². The zero-order valence-electron chi connectivity index (χ0n) is 14.1. The van der Waals surface area contributed by atoms with Gasteiger partial charge in [-0.2, -0.15) is 5.10 Å². The third-order valence-corrected chi connectivity index (χ3v) is 4.70. The van der Waals surface area contributed by atoms with Crippen LogP contribution in [0.5, 0.6) is 0 Å². The first-order chi connectivity index (χ1) is 12.7. The number of aryl methyl sites for hydroxylation is 2. The van der Waals surface area contributed by atoms with Gasteiger partial charge in [0.25, 0.3) is 0 Å². The van der Waals surface area contributed by atoms with Gasteiger partial charge in [-0.25, -0.2) is 0 Å². The molecule has 0 N–H and O–H groups in total. The van der Waals surface area contributed by atoms with Crippen molar-refractivity contribution < 1.29 is 4.92 Å². The summed E-state index contributed by atoms with van der Waals surface area (Å²) in [6.45, 7) is 4.41. The molecule has 9 heteroatoms. The SMILES string of the molecule is C=CCn1c(CCc2ccccc2)nnc1SCn1cc([N+](=O)[O-])cn1. The van der Waals surface area contributed by atoms with Crippen molar-refractivity contribution in [3.63, 3.8) is 0 Å². The molecule has 0 aliphatic rings. The predicted octanol–water partition coefficient (Wildman–Crippen LogP) is 3.10. The number of nitrogens with zero attached hydrogens (tertiary/aromatic N) is 6. The van der Waals surface area contributed by atoms with E-state index in [0.29, 0.717) is 12.4 Å². The Morgan fingerprint density at radius 3 is 2.73 bits per heavy atom. The summed E-state index contributed by atoms with van der Waals surface area (Å²) in [5.74, 6) is 1.31. The second kappa shape index (κ2) is 8.43. The van der Waals surface area contributed by atoms with E-state index in [1.54, 1.807) is 6.08 Å². The Hall–Kier alpha value is -2.94. The second-order valence-electron chi connectivity index (χ2n) is 5.55. The summed E-state index contributed by atoms with van der Waals surface area (Å²) in [5.41, 5.74) is 1.22. The first-order valence-electron chi connectivity index (χ1n) is 8.04. The minimum atomic E-state index is -0.462. The van der Waals surface area contributed by atoms with Gasteiger partial charge in [-0.1, -0.05) is 48.2 Å². The van der Waals surface area contributed by atoms with Crippen LogP contribution in [-0.4, -0.2) is 29.5 Å². The fourth-order valence-electron chi connectivity index (χ4n) is 2.47. The van der Waals surface area contributed by atoms with Crippen LogP contribution in [0.1, 0.15) is 11.4 Å². The second-order valence-corrected chi connectivity index (χ2v) is 6.46. The molecule has 2 heterocycles. The van der Waals surface area contributed by atoms with E-state index in [1.165, 1.54) is 34.4 Å². The molecule has 3 aromatic rings. The van der Waals surface area contributed by atoms with Crippen LogP contribution in [0.15, 0.2) is 60.5 Å². The number of benzene rings is 1. The summed E-state index contributed by atoms with van der Waals surface area (Å²) in [7, 11) is 0. The van der Waals surface area contributed by atoms with E-state index in [2.05, 4.69) is 34.0 Å². The van der Waals surface area contributed by atoms with E-state index < -0.39 is 4.92 Å². The maximum absolute atomic E-state index is 10.7. The molecule has 8 nitrogen and oxygen atoms in total. The third-order valence-electron chi connectivity index (χ3n) is 3.74. The molecule has 0 saturated heterocycles. The lowest BCUT2D eigenvalue weighted by atomic mass is 10.1. The van der Waals surface area contributed by atoms with E-state index in [1.807, 2.05) is 22.8 Å². The van der Waals surface area contributed by atoms with Crippen molar-refractivity contribution in [2.75, 3.05) is 0 Å². The molecule has 26 heavy (non-hydrogen) atoms. The summed E-state index contributed by atoms with van der Waals surface area (Å²) >= 11 is 1.43. The van der Waals surface area contributed by atoms with Gasteiger partial charge in [-0.3, -0.25) is 14.8 Å². The van der Waals surface area contributed by atoms with E-state index in [9.17, 15) is 10.1 Å². The quantitative estimate of drug-likeness (QED) is 0.249. The van der Waals surface area contributed by atoms with Gasteiger partial charge in [0, 0.05) is 13.0 Å². The minimum absolute atomic E-state index is 0.0262. The number of allylic oxidation sites excluding steroid dienone is 1. The number of thioether (sulfide) groups is 1. The van der Waals surface area contributed by atoms with Crippen molar-refractivity contribution in [1.82, 2.24) is 24.5 Å². The molecule has 134 valence electrons. The minimum Gasteiger partial charge on any atom is -0.302 e. The van der Waals surface area contributed by atoms with Gasteiger partial charge in [-0.15, -0.1) is 16.8 Å². The van der Waals surface area contributed by atoms with Crippen LogP contribution >= 0.6 is 11.8 Å². The highest BCUT2D eigenvalue weighted by Crippen LogP contribution is 2.21. The summed E-state index contributed by atoms with van der Waals surface area (Å²) in [6, 6.07) is 10.2. The van der Waals surface area contributed by atoms with E-state index in [4.69, 9.17) is 0 Å². The Morgan fingerprint density at radius 2 is 2.04 bits per heavy atom. The fraction of sp³-hybridized carbons (Fsp3) is 0.235. The van der Waals surface area contributed by atoms with E-state index in [0.717, 1.165) is 23.8 Å². The summed E-state index contributed by atoms with van der Waals surface area (Å²) < 4.78 is 3.53. The Labute approximate surface area is 154 Å². The van der Waals surface area contributed by atoms with Crippen LogP contribution in [-0.2, 0) is 25.3 Å². The molecule has 0 aliphatic heterocycles. The topological polar surface area (TPSA) is 91.7 Å². The van der Waals surface area contributed by atoms with E-state index in [-0.39, 0.29) is 5.69 Å². The Bertz CT molecular complexity index is 890. The number of nitro groups is 1. The summed E-state index contributed by atoms with van der Waals surface area (Å²) in [6.07, 6.45) is 6.10. The largest absolute Gasteiger partial charge is 0.307 e. The maximum Gasteiger partial charge on any atom is 0.307 e. The molecule has 2 aromatic heterocycles. The zero-order chi connectivity index (χ0) is 18.4. The molecule has 1 aromatic carbocycles. The fourth-order valence-corrected chi connectivity index (χ4v) is 3.29. The Morgan fingerprint density at radius 1 is 1.23 bits per heavy atom. The standard InChI is InChI=1S/C17H18N6O2S/c1-2-10-22-16(9-8-14-6-4-3-5-7-14)19-20-17(22)26-13-21-12-15(11-18-21)23(24)25/h2-7,11-12H,1,8-10,13H2. The highest BCUT2D eigenvalue weighted by Gasteiger charge is 2.13. The third kappa shape index (κ3) is 4.37. The van der Waals surface area contributed by atoms with Gasteiger partial charge in [-0.05, 0) is 12.0 Å². The van der Waals surface area contributed by atoms with Crippen LogP contribution < -0.4 is 0 Å². The van der Waals surface area contributed by atoms with Crippen LogP contribution in [0.2, 0.25) is 0 Å². The van der Waals surface area contributed by atoms with Crippen molar-refractivity contribution in [1.29, 1.82) is 0 Å². The molecular formula is C17H18N6O2S. The molecule has 3 rings (SSSR count). The maximum atomic E-state index is 10.7. The molecule has 0 atom stereocenters. The van der Waals surface area contributed by atoms with Gasteiger partial charge < -0.3 is 4.57 Å². The van der Waals surface area contributed by atoms with Crippen molar-refractivity contribution in [3.8, 4) is 0 Å². The van der Waals surface area contributed by atoms with Crippen molar-refractivity contribution in [2.45, 2.75) is 30.4 Å². The lowest BCUT2D eigenvalue weighted by Crippen LogP contribution is -2.06. The summed E-state index contributed by atoms with van der Waals surface area (Å²) in [5, 5.41) is 24.0. The highest BCUT2D eigenvalue weighted by molar-refractivity contribution is 7.98. The molecule has 0 amide bonds. The van der Waals surface area contributed by atoms with Crippen LogP contribution in [0.4, 0.5) is 5.69 Å². The van der Waals surface area contributed by atoms with Gasteiger partial charge >= 0.3 is 5.69 Å². The van der Waals surface area contributed by atoms with Crippen molar-refractivity contribution >= 4 is 17.4 Å². The summed E-state index contributed by atoms with van der Waals surface area (Å²) in [4.78, 5) is 10.3. The molecule has 0 bridgehead atoms. The molecule has 0 spiro atoms. The smallest absolute Gasteiger partial charge is 0.302 e. The van der Waals surface area contributed by atoms with Gasteiger partial charge in [0.2, 0.25) is 0 Å². The van der Waals surface area contributed by atoms with E-state index >= 15 is 0 Å². The normalized spacial score (nSPS) is 10.8. The number of aromatic nitrogens is 5. The van der Waals surface area contributed by atoms with Crippen LogP contribution in [0.3, 0.4) is 0 Å². The Kier molecular flexibility index (Phi) is 5.80. The first kappa shape index (κ1) is 17.9. The number of hydrogen-bond acceptors (Lipinski definition) is 6. The van der Waals surface area contributed by atoms with Crippen LogP contribution in [0, 0.1) is 10.1 Å². The Balaban J connectivity index is 1.67. The predicted molar refractivity (Wildman–Crippen MR) is 98.8 cm³/mol. The highest BCUT2D eigenvalue weighted by atomic mass is 32.2. The molecule has 0 unspecified atom stereocenters. The number of hydrogen-bond donors (Lipinski definition) is 0. The van der Waals surface area contributed by atoms with Crippen molar-refractivity contribution in [3.05, 3.63) is 76.9 Å².